The molecule has 2 atom stereocenters. The van der Waals surface area contributed by atoms with Crippen molar-refractivity contribution in [1.82, 2.24) is 5.32 Å². The van der Waals surface area contributed by atoms with Gasteiger partial charge in [-0.2, -0.15) is 0 Å². The highest BCUT2D eigenvalue weighted by molar-refractivity contribution is 5.76. The summed E-state index contributed by atoms with van der Waals surface area (Å²) in [6.07, 6.45) is 50.2. The molecule has 2 unspecified atom stereocenters. The summed E-state index contributed by atoms with van der Waals surface area (Å²) in [5, 5.41) is 23.2. The Morgan fingerprint density at radius 1 is 0.491 bits per heavy atom. The van der Waals surface area contributed by atoms with E-state index in [0.29, 0.717) is 25.9 Å². The number of esters is 1. The summed E-state index contributed by atoms with van der Waals surface area (Å²) in [6, 6.07) is -0.561. The van der Waals surface area contributed by atoms with E-state index in [9.17, 15) is 19.8 Å². The SMILES string of the molecule is CCCCCC/C=C\CCCCCCCC(=O)OCCCCCCCCCCCC(=O)NC(CO)C(O)CCCCCCCCCCCCCCCCCC. The van der Waals surface area contributed by atoms with Crippen LogP contribution in [0, 0.1) is 0 Å². The number of rotatable bonds is 45. The van der Waals surface area contributed by atoms with Crippen molar-refractivity contribution in [2.75, 3.05) is 13.2 Å². The quantitative estimate of drug-likeness (QED) is 0.0325. The number of carbonyl (C=O) groups is 2. The molecule has 0 fully saturated rings. The van der Waals surface area contributed by atoms with Crippen LogP contribution in [0.4, 0.5) is 0 Å². The number of aliphatic hydroxyl groups excluding tert-OH is 2. The van der Waals surface area contributed by atoms with E-state index in [2.05, 4.69) is 31.3 Å². The fraction of sp³-hybridized carbons (Fsp3) is 0.918. The summed E-state index contributed by atoms with van der Waals surface area (Å²) in [5.41, 5.74) is 0. The largest absolute Gasteiger partial charge is 0.466 e. The number of hydrogen-bond donors (Lipinski definition) is 3. The third kappa shape index (κ3) is 42.0. The second kappa shape index (κ2) is 45.3. The van der Waals surface area contributed by atoms with E-state index >= 15 is 0 Å². The molecule has 0 aliphatic carbocycles. The van der Waals surface area contributed by atoms with Gasteiger partial charge in [0.05, 0.1) is 25.4 Å². The van der Waals surface area contributed by atoms with E-state index in [1.165, 1.54) is 173 Å². The third-order valence-corrected chi connectivity index (χ3v) is 11.3. The second-order valence-corrected chi connectivity index (χ2v) is 16.8. The zero-order chi connectivity index (χ0) is 40.1. The van der Waals surface area contributed by atoms with Crippen LogP contribution in [0.2, 0.25) is 0 Å². The van der Waals surface area contributed by atoms with Gasteiger partial charge in [-0.1, -0.05) is 212 Å². The molecule has 0 heterocycles. The van der Waals surface area contributed by atoms with Gasteiger partial charge < -0.3 is 20.3 Å². The minimum absolute atomic E-state index is 0.0340. The maximum absolute atomic E-state index is 12.4. The lowest BCUT2D eigenvalue weighted by Crippen LogP contribution is -2.45. The van der Waals surface area contributed by atoms with Crippen molar-refractivity contribution >= 4 is 11.9 Å². The lowest BCUT2D eigenvalue weighted by atomic mass is 10.0. The first-order chi connectivity index (χ1) is 27.0. The Balaban J connectivity index is 3.50. The topological polar surface area (TPSA) is 95.9 Å². The molecule has 6 heteroatoms. The number of ether oxygens (including phenoxy) is 1. The van der Waals surface area contributed by atoms with Crippen molar-refractivity contribution in [2.24, 2.45) is 0 Å². The fourth-order valence-corrected chi connectivity index (χ4v) is 7.51. The summed E-state index contributed by atoms with van der Waals surface area (Å²) in [5.74, 6) is -0.0960. The summed E-state index contributed by atoms with van der Waals surface area (Å²) in [4.78, 5) is 24.4. The van der Waals surface area contributed by atoms with Crippen molar-refractivity contribution < 1.29 is 24.5 Å². The molecule has 0 aromatic heterocycles. The first kappa shape index (κ1) is 53.6. The maximum atomic E-state index is 12.4. The van der Waals surface area contributed by atoms with E-state index in [0.717, 1.165) is 57.8 Å². The van der Waals surface area contributed by atoms with Crippen molar-refractivity contribution in [3.05, 3.63) is 12.2 Å². The monoisotopic (exact) mass is 778 g/mol. The van der Waals surface area contributed by atoms with Gasteiger partial charge in [0.15, 0.2) is 0 Å². The zero-order valence-corrected chi connectivity index (χ0v) is 36.9. The zero-order valence-electron chi connectivity index (χ0n) is 36.9. The van der Waals surface area contributed by atoms with Crippen LogP contribution in [0.25, 0.3) is 0 Å². The molecule has 0 spiro atoms. The molecule has 55 heavy (non-hydrogen) atoms. The van der Waals surface area contributed by atoms with Gasteiger partial charge in [0, 0.05) is 12.8 Å². The Kier molecular flexibility index (Phi) is 44.2. The van der Waals surface area contributed by atoms with Crippen molar-refractivity contribution in [3.8, 4) is 0 Å². The van der Waals surface area contributed by atoms with Crippen LogP contribution >= 0.6 is 0 Å². The predicted molar refractivity (Wildman–Crippen MR) is 237 cm³/mol. The van der Waals surface area contributed by atoms with Crippen LogP contribution in [0.1, 0.15) is 264 Å². The number of carbonyl (C=O) groups excluding carboxylic acids is 2. The lowest BCUT2D eigenvalue weighted by Gasteiger charge is -2.22. The number of unbranched alkanes of at least 4 members (excludes halogenated alkanes) is 32. The molecule has 0 aromatic carbocycles. The van der Waals surface area contributed by atoms with Gasteiger partial charge in [-0.3, -0.25) is 9.59 Å². The first-order valence-electron chi connectivity index (χ1n) is 24.4. The molecule has 0 saturated carbocycles. The van der Waals surface area contributed by atoms with Gasteiger partial charge in [-0.25, -0.2) is 0 Å². The Labute approximate surface area is 342 Å². The molecule has 0 bridgehead atoms. The van der Waals surface area contributed by atoms with Gasteiger partial charge in [0.25, 0.3) is 0 Å². The molecular weight excluding hydrogens is 683 g/mol. The van der Waals surface area contributed by atoms with E-state index < -0.39 is 12.1 Å². The average molecular weight is 778 g/mol. The standard InChI is InChI=1S/C49H95NO5/c1-3-5-7-9-11-13-15-17-18-19-21-22-25-29-33-37-41-47(52)46(45-51)50-48(53)42-38-34-30-26-24-28-32-36-40-44-55-49(54)43-39-35-31-27-23-20-16-14-12-10-8-6-4-2/h14,16,46-47,51-52H,3-13,15,17-45H2,1-2H3,(H,50,53)/b16-14-. The minimum atomic E-state index is -0.681. The van der Waals surface area contributed by atoms with Crippen molar-refractivity contribution in [3.63, 3.8) is 0 Å². The highest BCUT2D eigenvalue weighted by Gasteiger charge is 2.20. The van der Waals surface area contributed by atoms with E-state index in [1.807, 2.05) is 0 Å². The predicted octanol–water partition coefficient (Wildman–Crippen LogP) is 14.2. The lowest BCUT2D eigenvalue weighted by molar-refractivity contribution is -0.143. The molecule has 0 aliphatic rings. The van der Waals surface area contributed by atoms with Crippen molar-refractivity contribution in [1.29, 1.82) is 0 Å². The molecule has 0 aliphatic heterocycles. The van der Waals surface area contributed by atoms with Crippen LogP contribution in [-0.4, -0.2) is 47.4 Å². The second-order valence-electron chi connectivity index (χ2n) is 16.8. The van der Waals surface area contributed by atoms with Crippen LogP contribution in [0.5, 0.6) is 0 Å². The van der Waals surface area contributed by atoms with Crippen LogP contribution in [0.3, 0.4) is 0 Å². The summed E-state index contributed by atoms with van der Waals surface area (Å²) < 4.78 is 5.43. The Bertz CT molecular complexity index is 817. The Morgan fingerprint density at radius 3 is 1.31 bits per heavy atom. The first-order valence-corrected chi connectivity index (χ1v) is 24.4. The Hall–Kier alpha value is -1.40. The molecule has 0 aromatic rings. The van der Waals surface area contributed by atoms with Gasteiger partial charge >= 0.3 is 5.97 Å². The van der Waals surface area contributed by atoms with Gasteiger partial charge in [-0.05, 0) is 51.4 Å². The molecule has 3 N–H and O–H groups in total. The molecule has 0 saturated heterocycles. The van der Waals surface area contributed by atoms with Crippen LogP contribution in [-0.2, 0) is 14.3 Å². The summed E-state index contributed by atoms with van der Waals surface area (Å²) >= 11 is 0. The smallest absolute Gasteiger partial charge is 0.305 e. The van der Waals surface area contributed by atoms with Crippen LogP contribution in [0.15, 0.2) is 12.2 Å². The molecule has 6 nitrogen and oxygen atoms in total. The number of hydrogen-bond acceptors (Lipinski definition) is 5. The van der Waals surface area contributed by atoms with Crippen LogP contribution < -0.4 is 5.32 Å². The summed E-state index contributed by atoms with van der Waals surface area (Å²) in [6.45, 7) is 4.87. The third-order valence-electron chi connectivity index (χ3n) is 11.3. The average Bonchev–Trinajstić information content (AvgIpc) is 3.18. The fourth-order valence-electron chi connectivity index (χ4n) is 7.51. The number of nitrogens with one attached hydrogen (secondary N) is 1. The summed E-state index contributed by atoms with van der Waals surface area (Å²) in [7, 11) is 0. The molecular formula is C49H95NO5. The molecule has 326 valence electrons. The van der Waals surface area contributed by atoms with E-state index in [4.69, 9.17) is 4.74 Å². The number of amides is 1. The normalized spacial score (nSPS) is 12.7. The maximum Gasteiger partial charge on any atom is 0.305 e. The van der Waals surface area contributed by atoms with Crippen molar-refractivity contribution in [2.45, 2.75) is 276 Å². The molecule has 0 radical (unpaired) electrons. The highest BCUT2D eigenvalue weighted by atomic mass is 16.5. The number of aliphatic hydroxyl groups is 2. The minimum Gasteiger partial charge on any atom is -0.466 e. The van der Waals surface area contributed by atoms with Gasteiger partial charge in [0.1, 0.15) is 0 Å². The van der Waals surface area contributed by atoms with Gasteiger partial charge in [-0.15, -0.1) is 0 Å². The molecule has 1 amide bonds. The molecule has 0 rings (SSSR count). The van der Waals surface area contributed by atoms with E-state index in [-0.39, 0.29) is 18.5 Å². The highest BCUT2D eigenvalue weighted by Crippen LogP contribution is 2.16. The van der Waals surface area contributed by atoms with E-state index in [1.54, 1.807) is 0 Å². The number of allylic oxidation sites excluding steroid dienone is 2. The van der Waals surface area contributed by atoms with Gasteiger partial charge in [0.2, 0.25) is 5.91 Å². The Morgan fingerprint density at radius 2 is 0.855 bits per heavy atom.